The standard InChI is InChI=1S/C39H42F3N9O3S/c1-2-49-36(22-43-26-5-10-33(31(41)19-26)47-17-15-46(16-18-47)27-6-3-25(40)4-7-27)44-51(39(49)55)24-45-11-13-48(14-12-45)35-21-34-29(20-32(35)42)37(52)30(38(53)54)23-50(34)28-8-9-28/h3-7,10,19-21,23,28,43H,2,8-9,11-18,22,24H2,1H3,(H,53,54). The maximum atomic E-state index is 15.5. The Morgan fingerprint density at radius 3 is 2.18 bits per heavy atom. The number of hydrogen-bond donors (Lipinski definition) is 2. The van der Waals surface area contributed by atoms with Crippen LogP contribution in [0.3, 0.4) is 0 Å². The number of anilines is 4. The number of piperazine rings is 2. The van der Waals surface area contributed by atoms with Gasteiger partial charge in [-0.25, -0.2) is 22.6 Å². The number of nitrogens with zero attached hydrogens (tertiary/aromatic N) is 8. The molecule has 0 atom stereocenters. The normalized spacial score (nSPS) is 16.6. The van der Waals surface area contributed by atoms with Crippen molar-refractivity contribution in [3.8, 4) is 0 Å². The number of carbonyl (C=O) groups is 1. The molecule has 4 heterocycles. The Kier molecular flexibility index (Phi) is 10.0. The molecule has 3 aliphatic rings. The van der Waals surface area contributed by atoms with Crippen LogP contribution in [0.2, 0.25) is 0 Å². The van der Waals surface area contributed by atoms with E-state index >= 15 is 8.78 Å². The lowest BCUT2D eigenvalue weighted by Crippen LogP contribution is -2.47. The van der Waals surface area contributed by atoms with E-state index in [1.165, 1.54) is 30.5 Å². The number of aromatic carboxylic acids is 1. The molecule has 2 N–H and O–H groups in total. The molecule has 288 valence electrons. The number of halogens is 3. The quantitative estimate of drug-likeness (QED) is 0.157. The molecule has 2 saturated heterocycles. The fraction of sp³-hybridized carbons (Fsp3) is 0.385. The summed E-state index contributed by atoms with van der Waals surface area (Å²) in [5, 5.41) is 17.8. The Hall–Kier alpha value is -5.35. The summed E-state index contributed by atoms with van der Waals surface area (Å²) in [6, 6.07) is 14.6. The van der Waals surface area contributed by atoms with Gasteiger partial charge in [0.15, 0.2) is 10.6 Å². The number of rotatable bonds is 11. The minimum atomic E-state index is -1.32. The maximum Gasteiger partial charge on any atom is 0.341 e. The van der Waals surface area contributed by atoms with E-state index in [1.807, 2.05) is 31.9 Å². The van der Waals surface area contributed by atoms with E-state index in [9.17, 15) is 19.1 Å². The van der Waals surface area contributed by atoms with Gasteiger partial charge < -0.3 is 34.3 Å². The van der Waals surface area contributed by atoms with Crippen molar-refractivity contribution < 1.29 is 23.1 Å². The van der Waals surface area contributed by atoms with Crippen LogP contribution in [-0.2, 0) is 19.8 Å². The highest BCUT2D eigenvalue weighted by Crippen LogP contribution is 2.38. The molecule has 0 bridgehead atoms. The largest absolute Gasteiger partial charge is 0.477 e. The van der Waals surface area contributed by atoms with E-state index in [2.05, 4.69) is 15.1 Å². The predicted octanol–water partition coefficient (Wildman–Crippen LogP) is 5.92. The molecule has 0 unspecified atom stereocenters. The van der Waals surface area contributed by atoms with Gasteiger partial charge in [0.2, 0.25) is 5.43 Å². The molecule has 1 saturated carbocycles. The SMILES string of the molecule is CCn1c(CNc2ccc(N3CCN(c4ccc(F)cc4)CC3)c(F)c2)nn(CN2CCN(c3cc4c(cc3F)c(=O)c(C(=O)O)cn4C3CC3)CC2)c1=S. The number of benzene rings is 3. The average molecular weight is 774 g/mol. The minimum absolute atomic E-state index is 0.0783. The fourth-order valence-corrected chi connectivity index (χ4v) is 8.00. The Morgan fingerprint density at radius 1 is 0.873 bits per heavy atom. The van der Waals surface area contributed by atoms with Crippen molar-refractivity contribution in [1.82, 2.24) is 23.8 Å². The molecular formula is C39H42F3N9O3S. The van der Waals surface area contributed by atoms with E-state index in [0.717, 1.165) is 24.4 Å². The molecule has 3 aromatic carbocycles. The first-order valence-corrected chi connectivity index (χ1v) is 19.0. The molecule has 3 fully saturated rings. The van der Waals surface area contributed by atoms with Gasteiger partial charge in [-0.05, 0) is 86.6 Å². The van der Waals surface area contributed by atoms with E-state index in [4.69, 9.17) is 17.3 Å². The zero-order valence-corrected chi connectivity index (χ0v) is 31.2. The second kappa shape index (κ2) is 15.1. The summed E-state index contributed by atoms with van der Waals surface area (Å²) in [5.74, 6) is -1.73. The summed E-state index contributed by atoms with van der Waals surface area (Å²) >= 11 is 5.80. The third-order valence-electron chi connectivity index (χ3n) is 10.8. The van der Waals surface area contributed by atoms with Crippen LogP contribution < -0.4 is 25.4 Å². The van der Waals surface area contributed by atoms with Crippen molar-refractivity contribution in [2.75, 3.05) is 72.4 Å². The highest BCUT2D eigenvalue weighted by atomic mass is 32.1. The van der Waals surface area contributed by atoms with E-state index in [0.29, 0.717) is 99.5 Å². The summed E-state index contributed by atoms with van der Waals surface area (Å²) in [7, 11) is 0. The molecule has 8 rings (SSSR count). The number of hydrogen-bond acceptors (Lipinski definition) is 9. The van der Waals surface area contributed by atoms with Crippen molar-refractivity contribution in [1.29, 1.82) is 0 Å². The van der Waals surface area contributed by atoms with Gasteiger partial charge in [-0.3, -0.25) is 9.69 Å². The topological polar surface area (TPSA) is 107 Å². The zero-order valence-electron chi connectivity index (χ0n) is 30.4. The molecule has 1 aliphatic carbocycles. The van der Waals surface area contributed by atoms with Crippen molar-refractivity contribution >= 4 is 51.8 Å². The molecular weight excluding hydrogens is 732 g/mol. The third-order valence-corrected chi connectivity index (χ3v) is 11.3. The molecule has 0 spiro atoms. The Morgan fingerprint density at radius 2 is 1.53 bits per heavy atom. The van der Waals surface area contributed by atoms with E-state index in [1.54, 1.807) is 28.9 Å². The van der Waals surface area contributed by atoms with Gasteiger partial charge in [-0.1, -0.05) is 0 Å². The number of pyridine rings is 1. The van der Waals surface area contributed by atoms with Crippen LogP contribution in [0.5, 0.6) is 0 Å². The number of fused-ring (bicyclic) bond motifs is 1. The lowest BCUT2D eigenvalue weighted by Gasteiger charge is -2.37. The number of carboxylic acid groups (broad SMARTS) is 1. The van der Waals surface area contributed by atoms with Crippen molar-refractivity contribution in [3.63, 3.8) is 0 Å². The van der Waals surface area contributed by atoms with Crippen LogP contribution in [0.4, 0.5) is 35.9 Å². The number of aromatic nitrogens is 4. The number of carboxylic acids is 1. The van der Waals surface area contributed by atoms with Crippen LogP contribution in [0.1, 0.15) is 42.0 Å². The molecule has 16 heteroatoms. The van der Waals surface area contributed by atoms with Gasteiger partial charge in [-0.15, -0.1) is 0 Å². The van der Waals surface area contributed by atoms with Gasteiger partial charge in [0.1, 0.15) is 23.0 Å². The summed E-state index contributed by atoms with van der Waals surface area (Å²) < 4.78 is 50.4. The van der Waals surface area contributed by atoms with Crippen molar-refractivity contribution in [2.24, 2.45) is 0 Å². The molecule has 55 heavy (non-hydrogen) atoms. The van der Waals surface area contributed by atoms with Crippen LogP contribution in [-0.4, -0.2) is 87.2 Å². The second-order valence-electron chi connectivity index (χ2n) is 14.3. The third kappa shape index (κ3) is 7.40. The Labute approximate surface area is 320 Å². The lowest BCUT2D eigenvalue weighted by atomic mass is 10.1. The van der Waals surface area contributed by atoms with Crippen LogP contribution in [0.15, 0.2) is 65.6 Å². The molecule has 2 aromatic heterocycles. The van der Waals surface area contributed by atoms with Crippen LogP contribution in [0, 0.1) is 22.2 Å². The minimum Gasteiger partial charge on any atom is -0.477 e. The van der Waals surface area contributed by atoms with Crippen molar-refractivity contribution in [2.45, 2.75) is 45.6 Å². The van der Waals surface area contributed by atoms with Crippen LogP contribution >= 0.6 is 12.2 Å². The lowest BCUT2D eigenvalue weighted by molar-refractivity contribution is 0.0694. The van der Waals surface area contributed by atoms with Crippen molar-refractivity contribution in [3.05, 3.63) is 105 Å². The summed E-state index contributed by atoms with van der Waals surface area (Å²) in [4.78, 5) is 33.0. The highest BCUT2D eigenvalue weighted by Gasteiger charge is 2.29. The smallest absolute Gasteiger partial charge is 0.341 e. The first-order valence-electron chi connectivity index (χ1n) is 18.6. The summed E-state index contributed by atoms with van der Waals surface area (Å²) in [6.45, 7) is 8.40. The number of nitrogens with one attached hydrogen (secondary N) is 1. The maximum absolute atomic E-state index is 15.5. The predicted molar refractivity (Wildman–Crippen MR) is 208 cm³/mol. The molecule has 12 nitrogen and oxygen atoms in total. The molecule has 5 aromatic rings. The monoisotopic (exact) mass is 773 g/mol. The average Bonchev–Trinajstić information content (AvgIpc) is 3.99. The van der Waals surface area contributed by atoms with Crippen LogP contribution in [0.25, 0.3) is 10.9 Å². The van der Waals surface area contributed by atoms with E-state index < -0.39 is 17.2 Å². The fourth-order valence-electron chi connectivity index (χ4n) is 7.67. The first-order chi connectivity index (χ1) is 26.6. The molecule has 0 radical (unpaired) electrons. The van der Waals surface area contributed by atoms with Gasteiger partial charge >= 0.3 is 5.97 Å². The van der Waals surface area contributed by atoms with Gasteiger partial charge in [0.05, 0.1) is 30.1 Å². The summed E-state index contributed by atoms with van der Waals surface area (Å²) in [6.07, 6.45) is 3.15. The second-order valence-corrected chi connectivity index (χ2v) is 14.7. The highest BCUT2D eigenvalue weighted by molar-refractivity contribution is 7.71. The molecule has 0 amide bonds. The van der Waals surface area contributed by atoms with Gasteiger partial charge in [-0.2, -0.15) is 5.10 Å². The Balaban J connectivity index is 0.890. The molecule has 2 aliphatic heterocycles. The summed E-state index contributed by atoms with van der Waals surface area (Å²) in [5.41, 5.74) is 2.03. The first kappa shape index (κ1) is 36.6. The van der Waals surface area contributed by atoms with Gasteiger partial charge in [0.25, 0.3) is 0 Å². The Bertz CT molecular complexity index is 2360. The zero-order chi connectivity index (χ0) is 38.4. The van der Waals surface area contributed by atoms with Gasteiger partial charge in [0, 0.05) is 87.9 Å². The van der Waals surface area contributed by atoms with E-state index in [-0.39, 0.29) is 28.6 Å².